The topological polar surface area (TPSA) is 83.9 Å². The van der Waals surface area contributed by atoms with Crippen molar-refractivity contribution in [3.05, 3.63) is 29.8 Å². The summed E-state index contributed by atoms with van der Waals surface area (Å²) in [5, 5.41) is 9.11. The van der Waals surface area contributed by atoms with Gasteiger partial charge in [-0.15, -0.1) is 0 Å². The molecule has 0 aliphatic heterocycles. The van der Waals surface area contributed by atoms with Gasteiger partial charge in [0.15, 0.2) is 5.78 Å². The molecule has 6 heteroatoms. The number of nitrogens with zero attached hydrogens (tertiary/aromatic N) is 1. The average molecular weight is 321 g/mol. The van der Waals surface area contributed by atoms with E-state index in [1.807, 2.05) is 0 Å². The van der Waals surface area contributed by atoms with E-state index in [9.17, 15) is 14.4 Å². The number of rotatable bonds is 8. The molecule has 1 amide bonds. The Balaban J connectivity index is 2.46. The van der Waals surface area contributed by atoms with Gasteiger partial charge in [-0.2, -0.15) is 0 Å². The number of likely N-dealkylation sites (N-methyl/N-ethyl adjacent to an activating group) is 1. The smallest absolute Gasteiger partial charge is 0.329 e. The Bertz CT molecular complexity index is 594. The fourth-order valence-electron chi connectivity index (χ4n) is 1.84. The van der Waals surface area contributed by atoms with Gasteiger partial charge in [-0.25, -0.2) is 4.79 Å². The zero-order valence-corrected chi connectivity index (χ0v) is 14.0. The third kappa shape index (κ3) is 5.09. The first-order valence-corrected chi connectivity index (χ1v) is 7.40. The number of ketones is 1. The van der Waals surface area contributed by atoms with Crippen LogP contribution in [0.15, 0.2) is 24.3 Å². The molecular weight excluding hydrogens is 298 g/mol. The Kier molecular flexibility index (Phi) is 6.30. The van der Waals surface area contributed by atoms with Gasteiger partial charge in [0.2, 0.25) is 5.91 Å². The fourth-order valence-corrected chi connectivity index (χ4v) is 1.84. The van der Waals surface area contributed by atoms with E-state index in [1.165, 1.54) is 32.7 Å². The molecule has 0 unspecified atom stereocenters. The number of Topliss-reactive ketones (excluding diaryl/α,β-unsaturated/α-hetero) is 1. The van der Waals surface area contributed by atoms with Crippen LogP contribution in [-0.2, 0) is 9.59 Å². The summed E-state index contributed by atoms with van der Waals surface area (Å²) < 4.78 is 5.52. The minimum Gasteiger partial charge on any atom is -0.494 e. The van der Waals surface area contributed by atoms with Gasteiger partial charge in [0.05, 0.1) is 6.61 Å². The number of benzene rings is 1. The second-order valence-electron chi connectivity index (χ2n) is 5.85. The SMILES string of the molecule is CC(=O)c1cccc(OCCCC(=O)N(C)C(C)(C)C(=O)O)c1. The third-order valence-corrected chi connectivity index (χ3v) is 3.78. The molecule has 0 aliphatic carbocycles. The summed E-state index contributed by atoms with van der Waals surface area (Å²) >= 11 is 0. The van der Waals surface area contributed by atoms with Crippen molar-refractivity contribution in [2.24, 2.45) is 0 Å². The van der Waals surface area contributed by atoms with Crippen LogP contribution in [0.3, 0.4) is 0 Å². The van der Waals surface area contributed by atoms with Crippen LogP contribution in [0, 0.1) is 0 Å². The molecule has 0 saturated carbocycles. The number of aliphatic carboxylic acids is 1. The zero-order chi connectivity index (χ0) is 17.6. The highest BCUT2D eigenvalue weighted by molar-refractivity contribution is 5.94. The van der Waals surface area contributed by atoms with Gasteiger partial charge >= 0.3 is 5.97 Å². The summed E-state index contributed by atoms with van der Waals surface area (Å²) in [6.07, 6.45) is 0.656. The van der Waals surface area contributed by atoms with Crippen LogP contribution in [0.1, 0.15) is 44.0 Å². The molecule has 0 aliphatic rings. The average Bonchev–Trinajstić information content (AvgIpc) is 2.50. The van der Waals surface area contributed by atoms with Crippen molar-refractivity contribution < 1.29 is 24.2 Å². The van der Waals surface area contributed by atoms with Gasteiger partial charge < -0.3 is 14.7 Å². The van der Waals surface area contributed by atoms with Crippen LogP contribution in [0.4, 0.5) is 0 Å². The van der Waals surface area contributed by atoms with Gasteiger partial charge in [-0.3, -0.25) is 9.59 Å². The molecular formula is C17H23NO5. The molecule has 0 radical (unpaired) electrons. The molecule has 1 aromatic rings. The number of carbonyl (C=O) groups is 3. The fraction of sp³-hybridized carbons (Fsp3) is 0.471. The number of hydrogen-bond acceptors (Lipinski definition) is 4. The first-order valence-electron chi connectivity index (χ1n) is 7.40. The highest BCUT2D eigenvalue weighted by atomic mass is 16.5. The second-order valence-corrected chi connectivity index (χ2v) is 5.85. The summed E-state index contributed by atoms with van der Waals surface area (Å²) in [7, 11) is 1.48. The lowest BCUT2D eigenvalue weighted by Gasteiger charge is -2.31. The number of carboxylic acid groups (broad SMARTS) is 1. The highest BCUT2D eigenvalue weighted by Gasteiger charge is 2.34. The molecule has 1 rings (SSSR count). The predicted octanol–water partition coefficient (Wildman–Crippen LogP) is 2.37. The molecule has 0 spiro atoms. The Hall–Kier alpha value is -2.37. The normalized spacial score (nSPS) is 11.0. The first kappa shape index (κ1) is 18.7. The molecule has 6 nitrogen and oxygen atoms in total. The van der Waals surface area contributed by atoms with Gasteiger partial charge in [-0.05, 0) is 39.3 Å². The van der Waals surface area contributed by atoms with Crippen molar-refractivity contribution in [3.8, 4) is 5.75 Å². The molecule has 1 aromatic carbocycles. The second kappa shape index (κ2) is 7.76. The summed E-state index contributed by atoms with van der Waals surface area (Å²) in [4.78, 5) is 35.6. The van der Waals surface area contributed by atoms with Crippen molar-refractivity contribution in [2.45, 2.75) is 39.2 Å². The maximum atomic E-state index is 12.0. The molecule has 23 heavy (non-hydrogen) atoms. The molecule has 0 heterocycles. The van der Waals surface area contributed by atoms with Crippen LogP contribution in [0.5, 0.6) is 5.75 Å². The quantitative estimate of drug-likeness (QED) is 0.587. The van der Waals surface area contributed by atoms with Gasteiger partial charge in [0, 0.05) is 19.0 Å². The van der Waals surface area contributed by atoms with E-state index >= 15 is 0 Å². The molecule has 0 aromatic heterocycles. The summed E-state index contributed by atoms with van der Waals surface area (Å²) in [6.45, 7) is 4.76. The standard InChI is InChI=1S/C17H23NO5/c1-12(19)13-7-5-8-14(11-13)23-10-6-9-15(20)18(4)17(2,3)16(21)22/h5,7-8,11H,6,9-10H2,1-4H3,(H,21,22). The summed E-state index contributed by atoms with van der Waals surface area (Å²) in [5.41, 5.74) is -0.671. The monoisotopic (exact) mass is 321 g/mol. The Labute approximate surface area is 136 Å². The summed E-state index contributed by atoms with van der Waals surface area (Å²) in [5.74, 6) is -0.767. The Morgan fingerprint density at radius 3 is 2.48 bits per heavy atom. The molecule has 0 fully saturated rings. The maximum Gasteiger partial charge on any atom is 0.329 e. The van der Waals surface area contributed by atoms with E-state index in [2.05, 4.69) is 0 Å². The highest BCUT2D eigenvalue weighted by Crippen LogP contribution is 2.16. The predicted molar refractivity (Wildman–Crippen MR) is 85.7 cm³/mol. The molecule has 0 saturated heterocycles. The van der Waals surface area contributed by atoms with Crippen molar-refractivity contribution in [1.29, 1.82) is 0 Å². The molecule has 0 bridgehead atoms. The van der Waals surface area contributed by atoms with Gasteiger partial charge in [-0.1, -0.05) is 12.1 Å². The van der Waals surface area contributed by atoms with Crippen molar-refractivity contribution >= 4 is 17.7 Å². The van der Waals surface area contributed by atoms with Crippen LogP contribution >= 0.6 is 0 Å². The molecule has 0 atom stereocenters. The van der Waals surface area contributed by atoms with E-state index in [4.69, 9.17) is 9.84 Å². The van der Waals surface area contributed by atoms with Crippen LogP contribution < -0.4 is 4.74 Å². The number of carboxylic acids is 1. The number of amides is 1. The third-order valence-electron chi connectivity index (χ3n) is 3.78. The van der Waals surface area contributed by atoms with E-state index in [-0.39, 0.29) is 18.1 Å². The molecule has 1 N–H and O–H groups in total. The van der Waals surface area contributed by atoms with Crippen molar-refractivity contribution in [1.82, 2.24) is 4.90 Å². The van der Waals surface area contributed by atoms with Gasteiger partial charge in [0.25, 0.3) is 0 Å². The number of ether oxygens (including phenoxy) is 1. The van der Waals surface area contributed by atoms with Crippen LogP contribution in [0.25, 0.3) is 0 Å². The van der Waals surface area contributed by atoms with E-state index in [0.717, 1.165) is 0 Å². The summed E-state index contributed by atoms with van der Waals surface area (Å²) in [6, 6.07) is 6.85. The Morgan fingerprint density at radius 2 is 1.91 bits per heavy atom. The van der Waals surface area contributed by atoms with Crippen molar-refractivity contribution in [2.75, 3.05) is 13.7 Å². The minimum absolute atomic E-state index is 0.0387. The van der Waals surface area contributed by atoms with E-state index < -0.39 is 11.5 Å². The molecule has 126 valence electrons. The van der Waals surface area contributed by atoms with Gasteiger partial charge in [0.1, 0.15) is 11.3 Å². The lowest BCUT2D eigenvalue weighted by molar-refractivity contribution is -0.155. The number of carbonyl (C=O) groups excluding carboxylic acids is 2. The van der Waals surface area contributed by atoms with E-state index in [0.29, 0.717) is 24.3 Å². The zero-order valence-electron chi connectivity index (χ0n) is 14.0. The Morgan fingerprint density at radius 1 is 1.26 bits per heavy atom. The van der Waals surface area contributed by atoms with Crippen molar-refractivity contribution in [3.63, 3.8) is 0 Å². The maximum absolute atomic E-state index is 12.0. The first-order chi connectivity index (χ1) is 10.7. The number of hydrogen-bond donors (Lipinski definition) is 1. The minimum atomic E-state index is -1.24. The lowest BCUT2D eigenvalue weighted by Crippen LogP contribution is -2.50. The lowest BCUT2D eigenvalue weighted by atomic mass is 10.0. The van der Waals surface area contributed by atoms with Crippen LogP contribution in [-0.4, -0.2) is 46.9 Å². The van der Waals surface area contributed by atoms with Crippen LogP contribution in [0.2, 0.25) is 0 Å². The van der Waals surface area contributed by atoms with E-state index in [1.54, 1.807) is 24.3 Å². The largest absolute Gasteiger partial charge is 0.494 e.